The van der Waals surface area contributed by atoms with Crippen LogP contribution in [0.25, 0.3) is 0 Å². The Bertz CT molecular complexity index is 655. The lowest BCUT2D eigenvalue weighted by molar-refractivity contribution is -0.384. The SMILES string of the molecule is CCC1(O)CN(S(=O)(=O)c2ccc(Cl)c([N+](=O)[O-])c2)C1. The minimum absolute atomic E-state index is 0.0116. The molecule has 1 heterocycles. The second-order valence-electron chi connectivity index (χ2n) is 4.72. The maximum absolute atomic E-state index is 12.3. The van der Waals surface area contributed by atoms with Crippen LogP contribution in [-0.2, 0) is 10.0 Å². The summed E-state index contributed by atoms with van der Waals surface area (Å²) in [5.74, 6) is 0. The first-order valence-corrected chi connectivity index (χ1v) is 7.68. The van der Waals surface area contributed by atoms with Crippen LogP contribution >= 0.6 is 11.6 Å². The monoisotopic (exact) mass is 320 g/mol. The molecule has 1 aliphatic heterocycles. The summed E-state index contributed by atoms with van der Waals surface area (Å²) in [6.07, 6.45) is 0.444. The second-order valence-corrected chi connectivity index (χ2v) is 7.07. The predicted molar refractivity (Wildman–Crippen MR) is 72.1 cm³/mol. The first kappa shape index (κ1) is 15.2. The molecular formula is C11H13ClN2O5S. The Balaban J connectivity index is 2.32. The Hall–Kier alpha value is -1.22. The summed E-state index contributed by atoms with van der Waals surface area (Å²) in [5, 5.41) is 20.5. The highest BCUT2D eigenvalue weighted by Gasteiger charge is 2.46. The average molecular weight is 321 g/mol. The van der Waals surface area contributed by atoms with Crippen LogP contribution in [0, 0.1) is 10.1 Å². The molecule has 0 aliphatic carbocycles. The topological polar surface area (TPSA) is 101 Å². The molecule has 1 aromatic rings. The third kappa shape index (κ3) is 2.51. The number of nitrogens with zero attached hydrogens (tertiary/aromatic N) is 2. The van der Waals surface area contributed by atoms with Gasteiger partial charge in [-0.2, -0.15) is 4.31 Å². The van der Waals surface area contributed by atoms with E-state index in [4.69, 9.17) is 11.6 Å². The lowest BCUT2D eigenvalue weighted by atomic mass is 9.94. The van der Waals surface area contributed by atoms with Crippen molar-refractivity contribution < 1.29 is 18.4 Å². The number of rotatable bonds is 4. The number of hydrogen-bond donors (Lipinski definition) is 1. The molecule has 0 saturated carbocycles. The molecule has 1 saturated heterocycles. The molecule has 0 spiro atoms. The summed E-state index contributed by atoms with van der Waals surface area (Å²) in [4.78, 5) is 9.84. The van der Waals surface area contributed by atoms with Gasteiger partial charge in [0.2, 0.25) is 10.0 Å². The van der Waals surface area contributed by atoms with Gasteiger partial charge in [0.15, 0.2) is 0 Å². The van der Waals surface area contributed by atoms with E-state index in [9.17, 15) is 23.6 Å². The van der Waals surface area contributed by atoms with Crippen molar-refractivity contribution in [3.8, 4) is 0 Å². The predicted octanol–water partition coefficient (Wildman–Crippen LogP) is 1.39. The normalized spacial score (nSPS) is 18.6. The highest BCUT2D eigenvalue weighted by Crippen LogP contribution is 2.33. The fourth-order valence-electron chi connectivity index (χ4n) is 1.95. The Morgan fingerprint density at radius 2 is 2.10 bits per heavy atom. The van der Waals surface area contributed by atoms with Crippen molar-refractivity contribution in [2.24, 2.45) is 0 Å². The molecule has 0 bridgehead atoms. The van der Waals surface area contributed by atoms with Crippen molar-refractivity contribution in [3.63, 3.8) is 0 Å². The quantitative estimate of drug-likeness (QED) is 0.667. The number of halogens is 1. The zero-order valence-corrected chi connectivity index (χ0v) is 12.2. The molecule has 0 aromatic heterocycles. The maximum Gasteiger partial charge on any atom is 0.289 e. The minimum Gasteiger partial charge on any atom is -0.387 e. The van der Waals surface area contributed by atoms with E-state index in [0.29, 0.717) is 6.42 Å². The third-order valence-electron chi connectivity index (χ3n) is 3.35. The van der Waals surface area contributed by atoms with Gasteiger partial charge in [-0.05, 0) is 18.6 Å². The zero-order chi connectivity index (χ0) is 15.1. The number of β-amino-alcohol motifs (C(OH)–C–C–N with tert-alkyl or cyclic N) is 1. The number of hydrogen-bond acceptors (Lipinski definition) is 5. The fraction of sp³-hybridized carbons (Fsp3) is 0.455. The molecule has 1 aromatic carbocycles. The third-order valence-corrected chi connectivity index (χ3v) is 5.46. The fourth-order valence-corrected chi connectivity index (χ4v) is 3.75. The van der Waals surface area contributed by atoms with E-state index in [0.717, 1.165) is 10.4 Å². The summed E-state index contributed by atoms with van der Waals surface area (Å²) in [5.41, 5.74) is -1.47. The largest absolute Gasteiger partial charge is 0.387 e. The summed E-state index contributed by atoms with van der Waals surface area (Å²) in [7, 11) is -3.85. The maximum atomic E-state index is 12.3. The first-order valence-electron chi connectivity index (χ1n) is 5.86. The molecule has 0 atom stereocenters. The highest BCUT2D eigenvalue weighted by atomic mass is 35.5. The zero-order valence-electron chi connectivity index (χ0n) is 10.6. The van der Waals surface area contributed by atoms with Gasteiger partial charge in [-0.15, -0.1) is 0 Å². The van der Waals surface area contributed by atoms with Crippen LogP contribution in [0.2, 0.25) is 5.02 Å². The van der Waals surface area contributed by atoms with E-state index in [1.54, 1.807) is 6.92 Å². The number of benzene rings is 1. The molecule has 0 unspecified atom stereocenters. The summed E-state index contributed by atoms with van der Waals surface area (Å²) in [6.45, 7) is 1.74. The van der Waals surface area contributed by atoms with Crippen LogP contribution in [0.4, 0.5) is 5.69 Å². The van der Waals surface area contributed by atoms with Crippen molar-refractivity contribution in [2.75, 3.05) is 13.1 Å². The summed E-state index contributed by atoms with van der Waals surface area (Å²) < 4.78 is 25.6. The average Bonchev–Trinajstić information content (AvgIpc) is 2.34. The summed E-state index contributed by atoms with van der Waals surface area (Å²) >= 11 is 5.65. The smallest absolute Gasteiger partial charge is 0.289 e. The van der Waals surface area contributed by atoms with E-state index >= 15 is 0 Å². The van der Waals surface area contributed by atoms with Gasteiger partial charge < -0.3 is 5.11 Å². The molecule has 9 heteroatoms. The Labute approximate surface area is 121 Å². The van der Waals surface area contributed by atoms with E-state index in [1.807, 2.05) is 0 Å². The summed E-state index contributed by atoms with van der Waals surface area (Å²) in [6, 6.07) is 3.33. The molecule has 2 rings (SSSR count). The van der Waals surface area contributed by atoms with Crippen LogP contribution in [0.3, 0.4) is 0 Å². The minimum atomic E-state index is -3.85. The van der Waals surface area contributed by atoms with Crippen LogP contribution in [-0.4, -0.2) is 41.4 Å². The Kier molecular flexibility index (Phi) is 3.76. The number of sulfonamides is 1. The second kappa shape index (κ2) is 4.96. The van der Waals surface area contributed by atoms with E-state index in [2.05, 4.69) is 0 Å². The van der Waals surface area contributed by atoms with Crippen LogP contribution < -0.4 is 0 Å². The van der Waals surface area contributed by atoms with Crippen molar-refractivity contribution in [2.45, 2.75) is 23.8 Å². The first-order chi connectivity index (χ1) is 9.19. The van der Waals surface area contributed by atoms with Crippen molar-refractivity contribution in [1.82, 2.24) is 4.31 Å². The van der Waals surface area contributed by atoms with Crippen LogP contribution in [0.5, 0.6) is 0 Å². The molecular weight excluding hydrogens is 308 g/mol. The number of nitro benzene ring substituents is 1. The standard InChI is InChI=1S/C11H13ClN2O5S/c1-2-11(15)6-13(7-11)20(18,19)8-3-4-9(12)10(5-8)14(16)17/h3-5,15H,2,6-7H2,1H3. The Morgan fingerprint density at radius 1 is 1.50 bits per heavy atom. The molecule has 0 amide bonds. The highest BCUT2D eigenvalue weighted by molar-refractivity contribution is 7.89. The molecule has 20 heavy (non-hydrogen) atoms. The van der Waals surface area contributed by atoms with Crippen LogP contribution in [0.15, 0.2) is 23.1 Å². The van der Waals surface area contributed by atoms with Gasteiger partial charge in [-0.25, -0.2) is 8.42 Å². The van der Waals surface area contributed by atoms with Crippen molar-refractivity contribution in [1.29, 1.82) is 0 Å². The van der Waals surface area contributed by atoms with Gasteiger partial charge in [0.1, 0.15) is 5.02 Å². The van der Waals surface area contributed by atoms with Crippen LogP contribution in [0.1, 0.15) is 13.3 Å². The lowest BCUT2D eigenvalue weighted by Gasteiger charge is -2.44. The molecule has 1 fully saturated rings. The van der Waals surface area contributed by atoms with Crippen molar-refractivity contribution >= 4 is 27.3 Å². The Morgan fingerprint density at radius 3 is 2.60 bits per heavy atom. The number of nitro groups is 1. The van der Waals surface area contributed by atoms with Gasteiger partial charge in [0, 0.05) is 19.2 Å². The van der Waals surface area contributed by atoms with E-state index in [1.165, 1.54) is 12.1 Å². The van der Waals surface area contributed by atoms with Gasteiger partial charge >= 0.3 is 0 Å². The molecule has 110 valence electrons. The molecule has 7 nitrogen and oxygen atoms in total. The van der Waals surface area contributed by atoms with E-state index < -0.39 is 26.2 Å². The van der Waals surface area contributed by atoms with Gasteiger partial charge in [0.25, 0.3) is 5.69 Å². The van der Waals surface area contributed by atoms with E-state index in [-0.39, 0.29) is 23.0 Å². The van der Waals surface area contributed by atoms with Crippen molar-refractivity contribution in [3.05, 3.63) is 33.3 Å². The molecule has 0 radical (unpaired) electrons. The van der Waals surface area contributed by atoms with Gasteiger partial charge in [0.05, 0.1) is 15.4 Å². The molecule has 1 N–H and O–H groups in total. The number of aliphatic hydroxyl groups is 1. The van der Waals surface area contributed by atoms with Gasteiger partial charge in [-0.1, -0.05) is 18.5 Å². The lowest BCUT2D eigenvalue weighted by Crippen LogP contribution is -2.62. The van der Waals surface area contributed by atoms with Gasteiger partial charge in [-0.3, -0.25) is 10.1 Å². The molecule has 1 aliphatic rings.